The largest absolute Gasteiger partial charge is 0.495 e. The Morgan fingerprint density at radius 3 is 2.63 bits per heavy atom. The second kappa shape index (κ2) is 11.4. The first kappa shape index (κ1) is 24.1. The average molecular weight is 487 g/mol. The number of para-hydroxylation sites is 2. The minimum atomic E-state index is -0.168. The molecule has 8 heteroatoms. The number of methoxy groups -OCH3 is 1. The van der Waals surface area contributed by atoms with Crippen LogP contribution < -0.4 is 15.4 Å². The zero-order chi connectivity index (χ0) is 24.6. The highest BCUT2D eigenvalue weighted by Crippen LogP contribution is 2.25. The van der Waals surface area contributed by atoms with Crippen LogP contribution in [0.3, 0.4) is 0 Å². The van der Waals surface area contributed by atoms with Crippen LogP contribution >= 0.6 is 11.8 Å². The van der Waals surface area contributed by atoms with Crippen molar-refractivity contribution in [3.8, 4) is 11.4 Å². The van der Waals surface area contributed by atoms with Crippen LogP contribution in [-0.4, -0.2) is 34.2 Å². The maximum Gasteiger partial charge on any atom is 0.251 e. The van der Waals surface area contributed by atoms with Crippen molar-refractivity contribution in [3.63, 3.8) is 0 Å². The van der Waals surface area contributed by atoms with Gasteiger partial charge in [0.25, 0.3) is 5.91 Å². The Labute approximate surface area is 208 Å². The van der Waals surface area contributed by atoms with Crippen molar-refractivity contribution < 1.29 is 14.3 Å². The van der Waals surface area contributed by atoms with Crippen LogP contribution in [-0.2, 0) is 11.3 Å². The molecule has 7 nitrogen and oxygen atoms in total. The fourth-order valence-electron chi connectivity index (χ4n) is 3.44. The van der Waals surface area contributed by atoms with Crippen LogP contribution in [0.25, 0.3) is 5.69 Å². The van der Waals surface area contributed by atoms with E-state index in [4.69, 9.17) is 4.74 Å². The number of thioether (sulfide) groups is 1. The molecule has 1 aromatic heterocycles. The van der Waals surface area contributed by atoms with E-state index >= 15 is 0 Å². The van der Waals surface area contributed by atoms with Crippen LogP contribution in [0.2, 0.25) is 0 Å². The van der Waals surface area contributed by atoms with Crippen LogP contribution in [0.5, 0.6) is 5.75 Å². The first-order valence-electron chi connectivity index (χ1n) is 11.1. The molecule has 2 amide bonds. The lowest BCUT2D eigenvalue weighted by Crippen LogP contribution is -2.22. The highest BCUT2D eigenvalue weighted by atomic mass is 32.2. The number of nitrogens with one attached hydrogen (secondary N) is 2. The summed E-state index contributed by atoms with van der Waals surface area (Å²) >= 11 is 1.31. The SMILES string of the molecule is COc1ccccc1NC(=O)CSc1nccn1-c1cccc(C(=O)NCc2ccc(C)cc2)c1. The van der Waals surface area contributed by atoms with Gasteiger partial charge in [0.1, 0.15) is 5.75 Å². The fourth-order valence-corrected chi connectivity index (χ4v) is 4.22. The predicted molar refractivity (Wildman–Crippen MR) is 138 cm³/mol. The molecule has 0 aliphatic heterocycles. The van der Waals surface area contributed by atoms with Crippen molar-refractivity contribution in [2.45, 2.75) is 18.6 Å². The smallest absolute Gasteiger partial charge is 0.251 e. The van der Waals surface area contributed by atoms with E-state index < -0.39 is 0 Å². The standard InChI is InChI=1S/C27H26N4O3S/c1-19-10-12-20(13-11-19)17-29-26(33)21-6-5-7-22(16-21)31-15-14-28-27(31)35-18-25(32)30-23-8-3-4-9-24(23)34-2/h3-16H,17-18H2,1-2H3,(H,29,33)(H,30,32). The summed E-state index contributed by atoms with van der Waals surface area (Å²) in [5.74, 6) is 0.451. The molecule has 0 aliphatic rings. The van der Waals surface area contributed by atoms with Crippen molar-refractivity contribution in [1.29, 1.82) is 0 Å². The van der Waals surface area contributed by atoms with Gasteiger partial charge < -0.3 is 15.4 Å². The first-order valence-corrected chi connectivity index (χ1v) is 12.1. The van der Waals surface area contributed by atoms with E-state index in [9.17, 15) is 9.59 Å². The number of aromatic nitrogens is 2. The van der Waals surface area contributed by atoms with Gasteiger partial charge in [-0.05, 0) is 42.8 Å². The number of hydrogen-bond acceptors (Lipinski definition) is 5. The molecule has 35 heavy (non-hydrogen) atoms. The molecule has 0 saturated carbocycles. The first-order chi connectivity index (χ1) is 17.0. The number of anilines is 1. The normalized spacial score (nSPS) is 10.6. The van der Waals surface area contributed by atoms with Crippen LogP contribution in [0.15, 0.2) is 90.3 Å². The Bertz CT molecular complexity index is 1320. The van der Waals surface area contributed by atoms with E-state index in [1.807, 2.05) is 72.3 Å². The van der Waals surface area contributed by atoms with Crippen LogP contribution in [0.4, 0.5) is 5.69 Å². The summed E-state index contributed by atoms with van der Waals surface area (Å²) in [4.78, 5) is 29.6. The molecular weight excluding hydrogens is 460 g/mol. The van der Waals surface area contributed by atoms with E-state index in [2.05, 4.69) is 15.6 Å². The number of carbonyl (C=O) groups is 2. The van der Waals surface area contributed by atoms with Gasteiger partial charge in [0, 0.05) is 30.2 Å². The Kier molecular flexibility index (Phi) is 7.84. The van der Waals surface area contributed by atoms with Crippen molar-refractivity contribution in [2.75, 3.05) is 18.2 Å². The number of amides is 2. The van der Waals surface area contributed by atoms with Gasteiger partial charge in [-0.2, -0.15) is 0 Å². The molecule has 0 fully saturated rings. The van der Waals surface area contributed by atoms with Gasteiger partial charge >= 0.3 is 0 Å². The fraction of sp³-hybridized carbons (Fsp3) is 0.148. The number of carbonyl (C=O) groups excluding carboxylic acids is 2. The minimum absolute atomic E-state index is 0.155. The Morgan fingerprint density at radius 1 is 1.03 bits per heavy atom. The number of rotatable bonds is 9. The summed E-state index contributed by atoms with van der Waals surface area (Å²) in [7, 11) is 1.56. The van der Waals surface area contributed by atoms with Gasteiger partial charge in [0.2, 0.25) is 5.91 Å². The van der Waals surface area contributed by atoms with Gasteiger partial charge in [-0.25, -0.2) is 4.98 Å². The van der Waals surface area contributed by atoms with Crippen LogP contribution in [0.1, 0.15) is 21.5 Å². The molecular formula is C27H26N4O3S. The zero-order valence-corrected chi connectivity index (χ0v) is 20.3. The molecule has 0 spiro atoms. The molecule has 0 saturated heterocycles. The average Bonchev–Trinajstić information content (AvgIpc) is 3.36. The number of hydrogen-bond donors (Lipinski definition) is 2. The van der Waals surface area contributed by atoms with Crippen LogP contribution in [0, 0.1) is 6.92 Å². The molecule has 0 bridgehead atoms. The Hall–Kier alpha value is -4.04. The van der Waals surface area contributed by atoms with E-state index in [0.717, 1.165) is 11.3 Å². The third-order valence-corrected chi connectivity index (χ3v) is 6.25. The molecule has 0 atom stereocenters. The molecule has 0 unspecified atom stereocenters. The summed E-state index contributed by atoms with van der Waals surface area (Å²) in [6.07, 6.45) is 3.48. The van der Waals surface area contributed by atoms with E-state index in [-0.39, 0.29) is 17.6 Å². The maximum absolute atomic E-state index is 12.7. The van der Waals surface area contributed by atoms with E-state index in [1.165, 1.54) is 17.3 Å². The molecule has 1 heterocycles. The van der Waals surface area contributed by atoms with Gasteiger partial charge in [0.15, 0.2) is 5.16 Å². The molecule has 0 radical (unpaired) electrons. The summed E-state index contributed by atoms with van der Waals surface area (Å²) < 4.78 is 7.14. The van der Waals surface area contributed by atoms with Gasteiger partial charge in [-0.1, -0.05) is 59.8 Å². The number of aryl methyl sites for hydroxylation is 1. The molecule has 2 N–H and O–H groups in total. The Balaban J connectivity index is 1.39. The summed E-state index contributed by atoms with van der Waals surface area (Å²) in [5, 5.41) is 6.48. The minimum Gasteiger partial charge on any atom is -0.495 e. The third kappa shape index (κ3) is 6.30. The Morgan fingerprint density at radius 2 is 1.83 bits per heavy atom. The molecule has 4 aromatic rings. The summed E-state index contributed by atoms with van der Waals surface area (Å²) in [6.45, 7) is 2.49. The lowest BCUT2D eigenvalue weighted by Gasteiger charge is -2.11. The number of imidazole rings is 1. The molecule has 3 aromatic carbocycles. The molecule has 4 rings (SSSR count). The number of benzene rings is 3. The zero-order valence-electron chi connectivity index (χ0n) is 19.5. The topological polar surface area (TPSA) is 85.2 Å². The number of ether oxygens (including phenoxy) is 1. The highest BCUT2D eigenvalue weighted by molar-refractivity contribution is 7.99. The van der Waals surface area contributed by atoms with Crippen molar-refractivity contribution in [3.05, 3.63) is 102 Å². The van der Waals surface area contributed by atoms with Gasteiger partial charge in [-0.15, -0.1) is 0 Å². The molecule has 178 valence electrons. The van der Waals surface area contributed by atoms with Crippen molar-refractivity contribution >= 4 is 29.3 Å². The number of nitrogens with zero attached hydrogens (tertiary/aromatic N) is 2. The molecule has 0 aliphatic carbocycles. The van der Waals surface area contributed by atoms with Crippen molar-refractivity contribution in [2.24, 2.45) is 0 Å². The second-order valence-corrected chi connectivity index (χ2v) is 8.78. The van der Waals surface area contributed by atoms with Gasteiger partial charge in [-0.3, -0.25) is 14.2 Å². The second-order valence-electron chi connectivity index (χ2n) is 7.84. The third-order valence-electron chi connectivity index (χ3n) is 5.28. The van der Waals surface area contributed by atoms with Crippen molar-refractivity contribution in [1.82, 2.24) is 14.9 Å². The quantitative estimate of drug-likeness (QED) is 0.330. The monoisotopic (exact) mass is 486 g/mol. The van der Waals surface area contributed by atoms with E-state index in [0.29, 0.717) is 28.7 Å². The maximum atomic E-state index is 12.7. The lowest BCUT2D eigenvalue weighted by atomic mass is 10.1. The lowest BCUT2D eigenvalue weighted by molar-refractivity contribution is -0.113. The highest BCUT2D eigenvalue weighted by Gasteiger charge is 2.13. The predicted octanol–water partition coefficient (Wildman–Crippen LogP) is 4.85. The van der Waals surface area contributed by atoms with Gasteiger partial charge in [0.05, 0.1) is 18.6 Å². The summed E-state index contributed by atoms with van der Waals surface area (Å²) in [6, 6.07) is 22.6. The summed E-state index contributed by atoms with van der Waals surface area (Å²) in [5.41, 5.74) is 4.18. The van der Waals surface area contributed by atoms with E-state index in [1.54, 1.807) is 31.5 Å².